The summed E-state index contributed by atoms with van der Waals surface area (Å²) in [6.07, 6.45) is 2.15. The van der Waals surface area contributed by atoms with Gasteiger partial charge in [0.1, 0.15) is 0 Å². The largest absolute Gasteiger partial charge is 0.434 e. The Kier molecular flexibility index (Phi) is 6.03. The monoisotopic (exact) mass is 454 g/mol. The molecular weight excluding hydrogens is 420 g/mol. The molecule has 0 spiro atoms. The molecule has 4 aliphatic heterocycles. The summed E-state index contributed by atoms with van der Waals surface area (Å²) in [7, 11) is 0. The predicted octanol–water partition coefficient (Wildman–Crippen LogP) is 2.80. The molecule has 4 fully saturated rings. The third-order valence-electron chi connectivity index (χ3n) is 7.81. The highest BCUT2D eigenvalue weighted by Gasteiger charge is 2.43. The molecule has 4 aliphatic rings. The van der Waals surface area contributed by atoms with Crippen molar-refractivity contribution < 1.29 is 19.2 Å². The third kappa shape index (κ3) is 4.45. The van der Waals surface area contributed by atoms with Crippen LogP contribution in [0.25, 0.3) is 0 Å². The lowest BCUT2D eigenvalue weighted by Gasteiger charge is -2.35. The second-order valence-corrected chi connectivity index (χ2v) is 10.3. The Morgan fingerprint density at radius 1 is 1.00 bits per heavy atom. The summed E-state index contributed by atoms with van der Waals surface area (Å²) in [5, 5.41) is 0.642. The van der Waals surface area contributed by atoms with E-state index in [9.17, 15) is 14.4 Å². The van der Waals surface area contributed by atoms with Crippen molar-refractivity contribution >= 4 is 23.6 Å². The number of aryl methyl sites for hydroxylation is 1. The summed E-state index contributed by atoms with van der Waals surface area (Å²) in [5.41, 5.74) is 4.15. The molecule has 33 heavy (non-hydrogen) atoms. The van der Waals surface area contributed by atoms with Gasteiger partial charge in [0.05, 0.1) is 0 Å². The van der Waals surface area contributed by atoms with E-state index in [1.165, 1.54) is 29.7 Å². The topological polar surface area (TPSA) is 73.4 Å². The number of nitrogens with zero attached hydrogens (tertiary/aromatic N) is 4. The van der Waals surface area contributed by atoms with Gasteiger partial charge < -0.3 is 14.6 Å². The van der Waals surface area contributed by atoms with E-state index in [-0.39, 0.29) is 12.8 Å². The van der Waals surface area contributed by atoms with Gasteiger partial charge in [0.15, 0.2) is 0 Å². The molecule has 1 aromatic rings. The minimum absolute atomic E-state index is 0.115. The van der Waals surface area contributed by atoms with E-state index in [1.807, 2.05) is 0 Å². The number of carbonyl (C=O) groups excluding carboxylic acids is 3. The Hall–Kier alpha value is -2.61. The number of rotatable bonds is 4. The van der Waals surface area contributed by atoms with Crippen LogP contribution in [-0.2, 0) is 21.0 Å². The number of likely N-dealkylation sites (tertiary alicyclic amines) is 2. The van der Waals surface area contributed by atoms with Crippen LogP contribution in [0.1, 0.15) is 43.7 Å². The Morgan fingerprint density at radius 3 is 2.27 bits per heavy atom. The van der Waals surface area contributed by atoms with E-state index in [0.717, 1.165) is 38.6 Å². The van der Waals surface area contributed by atoms with Gasteiger partial charge in [-0.25, -0.2) is 4.79 Å². The number of amides is 3. The second-order valence-electron chi connectivity index (χ2n) is 10.3. The predicted molar refractivity (Wildman–Crippen MR) is 123 cm³/mol. The molecule has 178 valence electrons. The molecular formula is C25H34N4O4. The number of fused-ring (bicyclic) bond motifs is 1. The molecule has 0 saturated carbocycles. The fraction of sp³-hybridized carbons (Fsp3) is 0.640. The number of imide groups is 1. The van der Waals surface area contributed by atoms with E-state index in [1.54, 1.807) is 4.90 Å². The Bertz CT molecular complexity index is 912. The van der Waals surface area contributed by atoms with Gasteiger partial charge in [-0.3, -0.25) is 14.5 Å². The first kappa shape index (κ1) is 22.2. The minimum Gasteiger partial charge on any atom is -0.371 e. The standard InChI is InChI=1S/C25H34N4O4/c1-17-8-10-27(11-9-17)24-18(2)4-3-5-19(24)12-26-13-20-15-28(16-21(20)14-26)25(32)33-29-22(30)6-7-23(29)31/h3-5,17,20-21H,6-16H2,1-2H3. The molecule has 4 saturated heterocycles. The maximum absolute atomic E-state index is 12.5. The highest BCUT2D eigenvalue weighted by Crippen LogP contribution is 2.35. The molecule has 0 bridgehead atoms. The number of anilines is 1. The van der Waals surface area contributed by atoms with Crippen molar-refractivity contribution in [1.29, 1.82) is 0 Å². The number of hydroxylamine groups is 2. The van der Waals surface area contributed by atoms with Gasteiger partial charge in [0, 0.05) is 64.3 Å². The van der Waals surface area contributed by atoms with Gasteiger partial charge in [0.2, 0.25) is 0 Å². The molecule has 0 aromatic heterocycles. The second kappa shape index (κ2) is 8.97. The first-order valence-electron chi connectivity index (χ1n) is 12.3. The zero-order valence-electron chi connectivity index (χ0n) is 19.7. The van der Waals surface area contributed by atoms with Gasteiger partial charge in [0.25, 0.3) is 11.8 Å². The zero-order chi connectivity index (χ0) is 23.1. The third-order valence-corrected chi connectivity index (χ3v) is 7.81. The molecule has 8 heteroatoms. The van der Waals surface area contributed by atoms with Crippen molar-refractivity contribution in [2.75, 3.05) is 44.2 Å². The van der Waals surface area contributed by atoms with Crippen molar-refractivity contribution in [3.05, 3.63) is 29.3 Å². The highest BCUT2D eigenvalue weighted by atomic mass is 16.7. The van der Waals surface area contributed by atoms with Gasteiger partial charge >= 0.3 is 6.09 Å². The number of carbonyl (C=O) groups is 3. The van der Waals surface area contributed by atoms with Crippen LogP contribution in [0.5, 0.6) is 0 Å². The van der Waals surface area contributed by atoms with Gasteiger partial charge in [-0.05, 0) is 48.6 Å². The molecule has 1 aromatic carbocycles. The normalized spacial score (nSPS) is 26.4. The van der Waals surface area contributed by atoms with Crippen molar-refractivity contribution in [1.82, 2.24) is 14.9 Å². The maximum atomic E-state index is 12.5. The molecule has 3 amide bonds. The van der Waals surface area contributed by atoms with Crippen molar-refractivity contribution in [2.45, 2.75) is 46.1 Å². The molecule has 2 atom stereocenters. The van der Waals surface area contributed by atoms with Crippen molar-refractivity contribution in [3.8, 4) is 0 Å². The average molecular weight is 455 g/mol. The zero-order valence-corrected chi connectivity index (χ0v) is 19.7. The maximum Gasteiger partial charge on any atom is 0.434 e. The number of hydrogen-bond donors (Lipinski definition) is 0. The van der Waals surface area contributed by atoms with Crippen molar-refractivity contribution in [2.24, 2.45) is 17.8 Å². The van der Waals surface area contributed by atoms with E-state index < -0.39 is 17.9 Å². The van der Waals surface area contributed by atoms with E-state index in [2.05, 4.69) is 41.8 Å². The first-order valence-corrected chi connectivity index (χ1v) is 12.3. The van der Waals surface area contributed by atoms with Gasteiger partial charge in [-0.1, -0.05) is 25.1 Å². The summed E-state index contributed by atoms with van der Waals surface area (Å²) < 4.78 is 0. The van der Waals surface area contributed by atoms with E-state index in [0.29, 0.717) is 30.0 Å². The molecule has 2 unspecified atom stereocenters. The van der Waals surface area contributed by atoms with Crippen LogP contribution in [0, 0.1) is 24.7 Å². The quantitative estimate of drug-likeness (QED) is 0.652. The molecule has 0 N–H and O–H groups in total. The SMILES string of the molecule is Cc1cccc(CN2CC3CN(C(=O)ON4C(=O)CCC4=O)CC3C2)c1N1CCC(C)CC1. The lowest BCUT2D eigenvalue weighted by molar-refractivity contribution is -0.173. The number of para-hydroxylation sites is 1. The Balaban J connectivity index is 1.18. The fourth-order valence-corrected chi connectivity index (χ4v) is 5.94. The first-order chi connectivity index (χ1) is 15.9. The Morgan fingerprint density at radius 2 is 1.64 bits per heavy atom. The minimum atomic E-state index is -0.583. The fourth-order valence-electron chi connectivity index (χ4n) is 5.94. The number of hydrogen-bond acceptors (Lipinski definition) is 6. The molecule has 4 heterocycles. The van der Waals surface area contributed by atoms with Crippen molar-refractivity contribution in [3.63, 3.8) is 0 Å². The molecule has 0 radical (unpaired) electrons. The van der Waals surface area contributed by atoms with Crippen LogP contribution in [0.2, 0.25) is 0 Å². The van der Waals surface area contributed by atoms with Crippen LogP contribution in [0.15, 0.2) is 18.2 Å². The van der Waals surface area contributed by atoms with Gasteiger partial charge in [-0.15, -0.1) is 5.06 Å². The van der Waals surface area contributed by atoms with Crippen LogP contribution in [0.3, 0.4) is 0 Å². The molecule has 5 rings (SSSR count). The van der Waals surface area contributed by atoms with Crippen LogP contribution >= 0.6 is 0 Å². The summed E-state index contributed by atoms with van der Waals surface area (Å²) in [4.78, 5) is 47.8. The highest BCUT2D eigenvalue weighted by molar-refractivity contribution is 6.01. The van der Waals surface area contributed by atoms with E-state index in [4.69, 9.17) is 4.84 Å². The number of benzene rings is 1. The Labute approximate surface area is 195 Å². The summed E-state index contributed by atoms with van der Waals surface area (Å²) >= 11 is 0. The average Bonchev–Trinajstić information content (AvgIpc) is 3.44. The van der Waals surface area contributed by atoms with E-state index >= 15 is 0 Å². The summed E-state index contributed by atoms with van der Waals surface area (Å²) in [5.74, 6) is 0.730. The molecule has 0 aliphatic carbocycles. The lowest BCUT2D eigenvalue weighted by Crippen LogP contribution is -2.40. The van der Waals surface area contributed by atoms with Crippen LogP contribution < -0.4 is 4.90 Å². The van der Waals surface area contributed by atoms with Crippen LogP contribution in [-0.4, -0.2) is 72.0 Å². The lowest BCUT2D eigenvalue weighted by atomic mass is 9.97. The summed E-state index contributed by atoms with van der Waals surface area (Å²) in [6.45, 7) is 10.9. The van der Waals surface area contributed by atoms with Gasteiger partial charge in [-0.2, -0.15) is 0 Å². The molecule has 8 nitrogen and oxygen atoms in total. The summed E-state index contributed by atoms with van der Waals surface area (Å²) in [6, 6.07) is 6.65. The number of piperidine rings is 1. The smallest absolute Gasteiger partial charge is 0.371 e. The van der Waals surface area contributed by atoms with Crippen LogP contribution in [0.4, 0.5) is 10.5 Å².